The van der Waals surface area contributed by atoms with Gasteiger partial charge in [-0.3, -0.25) is 9.48 Å². The van der Waals surface area contributed by atoms with Gasteiger partial charge >= 0.3 is 0 Å². The molecule has 3 aromatic heterocycles. The maximum absolute atomic E-state index is 12.5. The lowest BCUT2D eigenvalue weighted by Crippen LogP contribution is -2.07. The van der Waals surface area contributed by atoms with Crippen LogP contribution in [0.25, 0.3) is 5.82 Å². The van der Waals surface area contributed by atoms with Gasteiger partial charge in [0.15, 0.2) is 5.82 Å². The van der Waals surface area contributed by atoms with Crippen LogP contribution in [-0.4, -0.2) is 40.4 Å². The van der Waals surface area contributed by atoms with Gasteiger partial charge in [-0.1, -0.05) is 0 Å². The number of aromatic hydroxyl groups is 1. The van der Waals surface area contributed by atoms with Crippen molar-refractivity contribution in [2.24, 2.45) is 0 Å². The van der Waals surface area contributed by atoms with E-state index in [0.29, 0.717) is 23.6 Å². The summed E-state index contributed by atoms with van der Waals surface area (Å²) in [7, 11) is 0. The molecule has 1 N–H and O–H groups in total. The van der Waals surface area contributed by atoms with Gasteiger partial charge in [0.1, 0.15) is 18.2 Å². The first-order valence-electron chi connectivity index (χ1n) is 6.74. The molecule has 0 atom stereocenters. The van der Waals surface area contributed by atoms with E-state index in [9.17, 15) is 9.90 Å². The van der Waals surface area contributed by atoms with Crippen LogP contribution in [0.1, 0.15) is 28.5 Å². The minimum absolute atomic E-state index is 0.167. The van der Waals surface area contributed by atoms with E-state index in [0.717, 1.165) is 0 Å². The molecule has 0 unspecified atom stereocenters. The van der Waals surface area contributed by atoms with Gasteiger partial charge in [-0.2, -0.15) is 5.10 Å². The Hall–Kier alpha value is -3.03. The number of ketones is 1. The molecule has 0 aliphatic rings. The van der Waals surface area contributed by atoms with Crippen molar-refractivity contribution in [3.8, 4) is 11.7 Å². The fraction of sp³-hybridized carbons (Fsp3) is 0.214. The first kappa shape index (κ1) is 13.9. The van der Waals surface area contributed by atoms with Crippen molar-refractivity contribution in [1.29, 1.82) is 0 Å². The molecule has 112 valence electrons. The van der Waals surface area contributed by atoms with Crippen molar-refractivity contribution >= 4 is 5.78 Å². The van der Waals surface area contributed by atoms with Crippen LogP contribution < -0.4 is 0 Å². The van der Waals surface area contributed by atoms with Crippen LogP contribution in [0.15, 0.2) is 31.0 Å². The maximum atomic E-state index is 12.5. The van der Waals surface area contributed by atoms with Gasteiger partial charge in [-0.15, -0.1) is 5.10 Å². The van der Waals surface area contributed by atoms with E-state index in [1.807, 2.05) is 6.92 Å². The van der Waals surface area contributed by atoms with E-state index in [4.69, 9.17) is 0 Å². The molecule has 0 amide bonds. The van der Waals surface area contributed by atoms with Crippen LogP contribution in [0.2, 0.25) is 0 Å². The first-order valence-corrected chi connectivity index (χ1v) is 6.74. The number of rotatable bonds is 4. The molecule has 0 bridgehead atoms. The van der Waals surface area contributed by atoms with E-state index >= 15 is 0 Å². The molecule has 0 aliphatic heterocycles. The Labute approximate surface area is 126 Å². The van der Waals surface area contributed by atoms with Crippen molar-refractivity contribution in [3.05, 3.63) is 47.8 Å². The quantitative estimate of drug-likeness (QED) is 0.725. The van der Waals surface area contributed by atoms with Crippen LogP contribution in [-0.2, 0) is 6.54 Å². The second kappa shape index (κ2) is 5.40. The van der Waals surface area contributed by atoms with E-state index in [1.165, 1.54) is 28.2 Å². The molecule has 8 nitrogen and oxygen atoms in total. The van der Waals surface area contributed by atoms with Gasteiger partial charge in [-0.25, -0.2) is 14.6 Å². The molecule has 0 aromatic carbocycles. The standard InChI is InChI=1S/C14H14N6O2/c1-3-19-6-11(14(22)18-19)13(21)10-4-5-12(17-9(10)2)20-8-15-7-16-20/h4-8H,3H2,1-2H3,(H,18,22). The molecule has 3 rings (SSSR count). The van der Waals surface area contributed by atoms with Gasteiger partial charge in [0.05, 0.1) is 5.69 Å². The zero-order valence-electron chi connectivity index (χ0n) is 12.1. The number of aromatic nitrogens is 6. The summed E-state index contributed by atoms with van der Waals surface area (Å²) in [6.07, 6.45) is 4.47. The largest absolute Gasteiger partial charge is 0.492 e. The molecule has 0 saturated carbocycles. The Balaban J connectivity index is 1.97. The SMILES string of the molecule is CCn1cc(C(=O)c2ccc(-n3cncn3)nc2C)c(O)n1. The normalized spacial score (nSPS) is 10.8. The number of hydrogen-bond acceptors (Lipinski definition) is 6. The summed E-state index contributed by atoms with van der Waals surface area (Å²) in [5.74, 6) is -0.0148. The summed E-state index contributed by atoms with van der Waals surface area (Å²) in [5.41, 5.74) is 1.12. The van der Waals surface area contributed by atoms with Crippen LogP contribution in [0, 0.1) is 6.92 Å². The van der Waals surface area contributed by atoms with Gasteiger partial charge in [0.2, 0.25) is 11.7 Å². The third kappa shape index (κ3) is 2.34. The zero-order chi connectivity index (χ0) is 15.7. The second-order valence-electron chi connectivity index (χ2n) is 4.69. The molecule has 3 aromatic rings. The number of aryl methyl sites for hydroxylation is 2. The van der Waals surface area contributed by atoms with Crippen molar-refractivity contribution in [2.45, 2.75) is 20.4 Å². The van der Waals surface area contributed by atoms with Crippen LogP contribution >= 0.6 is 0 Å². The highest BCUT2D eigenvalue weighted by molar-refractivity contribution is 6.10. The highest BCUT2D eigenvalue weighted by Gasteiger charge is 2.20. The number of carbonyl (C=O) groups is 1. The Kier molecular flexibility index (Phi) is 3.42. The second-order valence-corrected chi connectivity index (χ2v) is 4.69. The highest BCUT2D eigenvalue weighted by Crippen LogP contribution is 2.20. The third-order valence-electron chi connectivity index (χ3n) is 3.28. The Morgan fingerprint density at radius 2 is 2.14 bits per heavy atom. The fourth-order valence-electron chi connectivity index (χ4n) is 2.12. The van der Waals surface area contributed by atoms with Gasteiger partial charge in [-0.05, 0) is 26.0 Å². The Morgan fingerprint density at radius 3 is 2.73 bits per heavy atom. The van der Waals surface area contributed by atoms with Crippen molar-refractivity contribution in [3.63, 3.8) is 0 Å². The van der Waals surface area contributed by atoms with Gasteiger partial charge < -0.3 is 5.11 Å². The van der Waals surface area contributed by atoms with E-state index in [1.54, 1.807) is 19.1 Å². The summed E-state index contributed by atoms with van der Waals surface area (Å²) < 4.78 is 3.02. The summed E-state index contributed by atoms with van der Waals surface area (Å²) in [6, 6.07) is 3.33. The zero-order valence-corrected chi connectivity index (χ0v) is 12.1. The monoisotopic (exact) mass is 298 g/mol. The summed E-state index contributed by atoms with van der Waals surface area (Å²) in [5, 5.41) is 17.7. The summed E-state index contributed by atoms with van der Waals surface area (Å²) in [6.45, 7) is 4.18. The smallest absolute Gasteiger partial charge is 0.241 e. The third-order valence-corrected chi connectivity index (χ3v) is 3.28. The molecule has 0 aliphatic carbocycles. The number of pyridine rings is 1. The molecule has 22 heavy (non-hydrogen) atoms. The van der Waals surface area contributed by atoms with Crippen LogP contribution in [0.4, 0.5) is 0 Å². The molecule has 3 heterocycles. The fourth-order valence-corrected chi connectivity index (χ4v) is 2.12. The van der Waals surface area contributed by atoms with Crippen LogP contribution in [0.5, 0.6) is 5.88 Å². The Bertz CT molecular complexity index is 822. The molecule has 8 heteroatoms. The number of nitrogens with zero attached hydrogens (tertiary/aromatic N) is 6. The molecule has 0 saturated heterocycles. The minimum Gasteiger partial charge on any atom is -0.492 e. The van der Waals surface area contributed by atoms with Gasteiger partial charge in [0.25, 0.3) is 0 Å². The average Bonchev–Trinajstić information content (AvgIpc) is 3.15. The molecule has 0 radical (unpaired) electrons. The lowest BCUT2D eigenvalue weighted by Gasteiger charge is -2.06. The summed E-state index contributed by atoms with van der Waals surface area (Å²) in [4.78, 5) is 20.7. The molecular weight excluding hydrogens is 284 g/mol. The lowest BCUT2D eigenvalue weighted by atomic mass is 10.0. The van der Waals surface area contributed by atoms with Crippen LogP contribution in [0.3, 0.4) is 0 Å². The molecule has 0 spiro atoms. The van der Waals surface area contributed by atoms with Crippen molar-refractivity contribution in [1.82, 2.24) is 29.5 Å². The predicted molar refractivity (Wildman–Crippen MR) is 76.9 cm³/mol. The highest BCUT2D eigenvalue weighted by atomic mass is 16.3. The van der Waals surface area contributed by atoms with E-state index in [2.05, 4.69) is 20.2 Å². The average molecular weight is 298 g/mol. The Morgan fingerprint density at radius 1 is 1.32 bits per heavy atom. The van der Waals surface area contributed by atoms with E-state index < -0.39 is 0 Å². The predicted octanol–water partition coefficient (Wildman–Crippen LogP) is 1.12. The number of hydrogen-bond donors (Lipinski definition) is 1. The van der Waals surface area contributed by atoms with E-state index in [-0.39, 0.29) is 17.2 Å². The van der Waals surface area contributed by atoms with Crippen molar-refractivity contribution in [2.75, 3.05) is 0 Å². The molecular formula is C14H14N6O2. The lowest BCUT2D eigenvalue weighted by molar-refractivity contribution is 0.103. The topological polar surface area (TPSA) is 98.7 Å². The minimum atomic E-state index is -0.313. The number of carbonyl (C=O) groups excluding carboxylic acids is 1. The molecule has 0 fully saturated rings. The van der Waals surface area contributed by atoms with Gasteiger partial charge in [0, 0.05) is 18.3 Å². The first-order chi connectivity index (χ1) is 10.6. The maximum Gasteiger partial charge on any atom is 0.241 e. The summed E-state index contributed by atoms with van der Waals surface area (Å²) >= 11 is 0. The van der Waals surface area contributed by atoms with Crippen molar-refractivity contribution < 1.29 is 9.90 Å².